The molecule has 5 rings (SSSR count). The third-order valence-corrected chi connectivity index (χ3v) is 8.10. The quantitative estimate of drug-likeness (QED) is 0.309. The van der Waals surface area contributed by atoms with Crippen molar-refractivity contribution in [2.45, 2.75) is 24.9 Å². The van der Waals surface area contributed by atoms with Crippen LogP contribution < -0.4 is 4.90 Å². The number of hydrogen-bond acceptors (Lipinski definition) is 6. The maximum atomic E-state index is 14.3. The van der Waals surface area contributed by atoms with E-state index in [1.807, 2.05) is 11.0 Å². The van der Waals surface area contributed by atoms with Gasteiger partial charge in [0.25, 0.3) is 0 Å². The summed E-state index contributed by atoms with van der Waals surface area (Å²) >= 11 is 2.88. The molecule has 1 aliphatic rings. The molecule has 1 aliphatic heterocycles. The van der Waals surface area contributed by atoms with E-state index < -0.39 is 0 Å². The van der Waals surface area contributed by atoms with Crippen LogP contribution in [0, 0.1) is 12.7 Å². The molecule has 8 heteroatoms. The third kappa shape index (κ3) is 3.93. The van der Waals surface area contributed by atoms with Crippen molar-refractivity contribution in [2.24, 2.45) is 0 Å². The van der Waals surface area contributed by atoms with E-state index in [1.165, 1.54) is 46.7 Å². The molecule has 0 N–H and O–H groups in total. The molecule has 0 spiro atoms. The summed E-state index contributed by atoms with van der Waals surface area (Å²) < 4.78 is 16.0. The highest BCUT2D eigenvalue weighted by molar-refractivity contribution is 8.00. The molecule has 0 radical (unpaired) electrons. The predicted molar refractivity (Wildman–Crippen MR) is 130 cm³/mol. The summed E-state index contributed by atoms with van der Waals surface area (Å²) in [5, 5.41) is 1.26. The molecule has 1 fully saturated rings. The fraction of sp³-hybridized carbons (Fsp3) is 0.292. The van der Waals surface area contributed by atoms with Crippen molar-refractivity contribution >= 4 is 55.0 Å². The van der Waals surface area contributed by atoms with Gasteiger partial charge in [0.2, 0.25) is 5.91 Å². The average Bonchev–Trinajstić information content (AvgIpc) is 3.18. The Hall–Kier alpha value is -2.71. The molecular weight excluding hydrogens is 443 g/mol. The fourth-order valence-corrected chi connectivity index (χ4v) is 6.40. The number of piperazine rings is 1. The second-order valence-electron chi connectivity index (χ2n) is 8.08. The number of anilines is 1. The van der Waals surface area contributed by atoms with Crippen molar-refractivity contribution in [1.29, 1.82) is 0 Å². The predicted octanol–water partition coefficient (Wildman–Crippen LogP) is 5.12. The molecule has 164 valence electrons. The summed E-state index contributed by atoms with van der Waals surface area (Å²) in [4.78, 5) is 26.0. The van der Waals surface area contributed by atoms with Crippen LogP contribution in [0.15, 0.2) is 53.8 Å². The van der Waals surface area contributed by atoms with Gasteiger partial charge in [0, 0.05) is 36.1 Å². The first-order chi connectivity index (χ1) is 15.5. The Labute approximate surface area is 194 Å². The Morgan fingerprint density at radius 1 is 1.22 bits per heavy atom. The van der Waals surface area contributed by atoms with Gasteiger partial charge >= 0.3 is 0 Å². The maximum absolute atomic E-state index is 14.3. The highest BCUT2D eigenvalue weighted by Gasteiger charge is 2.27. The van der Waals surface area contributed by atoms with Crippen LogP contribution in [-0.2, 0) is 4.79 Å². The third-order valence-electron chi connectivity index (χ3n) is 5.84. The van der Waals surface area contributed by atoms with E-state index in [9.17, 15) is 9.18 Å². The minimum atomic E-state index is -0.278. The zero-order valence-electron chi connectivity index (χ0n) is 17.9. The van der Waals surface area contributed by atoms with Gasteiger partial charge in [-0.15, -0.1) is 11.3 Å². The van der Waals surface area contributed by atoms with Crippen molar-refractivity contribution in [3.63, 3.8) is 0 Å². The Morgan fingerprint density at radius 2 is 2.06 bits per heavy atom. The number of carbonyl (C=O) groups excluding carboxylic acids is 1. The summed E-state index contributed by atoms with van der Waals surface area (Å²) in [6.07, 6.45) is 1.45. The van der Waals surface area contributed by atoms with E-state index in [-0.39, 0.29) is 17.8 Å². The van der Waals surface area contributed by atoms with E-state index in [1.54, 1.807) is 6.07 Å². The maximum Gasteiger partial charge on any atom is 0.233 e. The molecule has 2 aromatic heterocycles. The largest absolute Gasteiger partial charge is 0.365 e. The van der Waals surface area contributed by atoms with Gasteiger partial charge in [-0.05, 0) is 43.7 Å². The number of amides is 1. The van der Waals surface area contributed by atoms with Gasteiger partial charge in [0.15, 0.2) is 0 Å². The Bertz CT molecular complexity index is 1310. The van der Waals surface area contributed by atoms with Crippen LogP contribution in [0.3, 0.4) is 0 Å². The molecule has 2 aromatic carbocycles. The Balaban J connectivity index is 1.28. The first-order valence-corrected chi connectivity index (χ1v) is 12.4. The van der Waals surface area contributed by atoms with Gasteiger partial charge in [0.05, 0.1) is 21.4 Å². The van der Waals surface area contributed by atoms with E-state index in [4.69, 9.17) is 0 Å². The molecule has 3 heterocycles. The molecule has 4 aromatic rings. The number of rotatable bonds is 4. The van der Waals surface area contributed by atoms with Crippen LogP contribution in [0.5, 0.6) is 0 Å². The summed E-state index contributed by atoms with van der Waals surface area (Å²) in [5.74, 6) is 0.129. The average molecular weight is 467 g/mol. The van der Waals surface area contributed by atoms with Crippen LogP contribution in [0.25, 0.3) is 20.3 Å². The van der Waals surface area contributed by atoms with Crippen molar-refractivity contribution in [3.8, 4) is 0 Å². The first-order valence-electron chi connectivity index (χ1n) is 10.6. The fourth-order valence-electron chi connectivity index (χ4n) is 4.26. The van der Waals surface area contributed by atoms with Gasteiger partial charge in [-0.3, -0.25) is 4.79 Å². The van der Waals surface area contributed by atoms with Crippen molar-refractivity contribution < 1.29 is 9.18 Å². The SMILES string of the molecule is Cc1cccc(N2CCN(C(=O)CSc3ncnc4c3sc3cccc(F)c34)C[C@H]2C)c1. The number of halogens is 1. The van der Waals surface area contributed by atoms with E-state index >= 15 is 0 Å². The first kappa shape index (κ1) is 21.2. The number of benzene rings is 2. The molecule has 0 bridgehead atoms. The minimum Gasteiger partial charge on any atom is -0.365 e. The molecular formula is C24H23FN4OS2. The van der Waals surface area contributed by atoms with Crippen LogP contribution >= 0.6 is 23.1 Å². The van der Waals surface area contributed by atoms with Gasteiger partial charge in [-0.25, -0.2) is 14.4 Å². The van der Waals surface area contributed by atoms with E-state index in [0.717, 1.165) is 21.0 Å². The second kappa shape index (κ2) is 8.67. The number of carbonyl (C=O) groups is 1. The standard InChI is InChI=1S/C24H23FN4OS2/c1-15-5-3-6-17(11-15)29-10-9-28(12-16(29)2)20(30)13-31-24-23-22(26-14-27-24)21-18(25)7-4-8-19(21)32-23/h3-8,11,14,16H,9-10,12-13H2,1-2H3/t16-/m1/s1. The molecule has 1 atom stereocenters. The lowest BCUT2D eigenvalue weighted by Crippen LogP contribution is -2.54. The lowest BCUT2D eigenvalue weighted by Gasteiger charge is -2.41. The monoisotopic (exact) mass is 466 g/mol. The molecule has 0 aliphatic carbocycles. The topological polar surface area (TPSA) is 49.3 Å². The summed E-state index contributed by atoms with van der Waals surface area (Å²) in [5.41, 5.74) is 3.06. The highest BCUT2D eigenvalue weighted by atomic mass is 32.2. The van der Waals surface area contributed by atoms with Crippen molar-refractivity contribution in [2.75, 3.05) is 30.3 Å². The van der Waals surface area contributed by atoms with Crippen LogP contribution in [0.1, 0.15) is 12.5 Å². The lowest BCUT2D eigenvalue weighted by atomic mass is 10.1. The number of aromatic nitrogens is 2. The van der Waals surface area contributed by atoms with E-state index in [0.29, 0.717) is 29.7 Å². The highest BCUT2D eigenvalue weighted by Crippen LogP contribution is 2.38. The summed E-state index contributed by atoms with van der Waals surface area (Å²) in [6, 6.07) is 13.8. The smallest absolute Gasteiger partial charge is 0.233 e. The number of nitrogens with zero attached hydrogens (tertiary/aromatic N) is 4. The van der Waals surface area contributed by atoms with Gasteiger partial charge in [-0.2, -0.15) is 0 Å². The van der Waals surface area contributed by atoms with Crippen molar-refractivity contribution in [3.05, 3.63) is 60.2 Å². The van der Waals surface area contributed by atoms with Gasteiger partial charge < -0.3 is 9.80 Å². The van der Waals surface area contributed by atoms with Crippen LogP contribution in [0.2, 0.25) is 0 Å². The molecule has 5 nitrogen and oxygen atoms in total. The Morgan fingerprint density at radius 3 is 2.88 bits per heavy atom. The number of aryl methyl sites for hydroxylation is 1. The number of fused-ring (bicyclic) bond motifs is 3. The molecule has 1 saturated heterocycles. The second-order valence-corrected chi connectivity index (χ2v) is 10.1. The zero-order chi connectivity index (χ0) is 22.2. The number of hydrogen-bond donors (Lipinski definition) is 0. The normalized spacial score (nSPS) is 16.8. The molecule has 0 saturated carbocycles. The Kier molecular flexibility index (Phi) is 5.73. The number of thioether (sulfide) groups is 1. The molecule has 32 heavy (non-hydrogen) atoms. The van der Waals surface area contributed by atoms with Crippen LogP contribution in [0.4, 0.5) is 10.1 Å². The molecule has 0 unspecified atom stereocenters. The van der Waals surface area contributed by atoms with Crippen molar-refractivity contribution in [1.82, 2.24) is 14.9 Å². The molecule has 1 amide bonds. The zero-order valence-corrected chi connectivity index (χ0v) is 19.5. The van der Waals surface area contributed by atoms with Gasteiger partial charge in [-0.1, -0.05) is 30.0 Å². The summed E-state index contributed by atoms with van der Waals surface area (Å²) in [6.45, 7) is 6.47. The van der Waals surface area contributed by atoms with Crippen LogP contribution in [-0.4, -0.2) is 52.2 Å². The summed E-state index contributed by atoms with van der Waals surface area (Å²) in [7, 11) is 0. The van der Waals surface area contributed by atoms with E-state index in [2.05, 4.69) is 53.0 Å². The number of thiophene rings is 1. The lowest BCUT2D eigenvalue weighted by molar-refractivity contribution is -0.129. The van der Waals surface area contributed by atoms with Gasteiger partial charge in [0.1, 0.15) is 17.2 Å². The minimum absolute atomic E-state index is 0.102.